The fraction of sp³-hybridized carbons (Fsp3) is 0.552. The average Bonchev–Trinajstić information content (AvgIpc) is 2.77. The number of rotatable bonds is 10. The molecule has 0 aliphatic rings. The number of benzene rings is 2. The highest BCUT2D eigenvalue weighted by Crippen LogP contribution is 2.40. The average molecular weight is 499 g/mol. The first-order valence-corrected chi connectivity index (χ1v) is 17.4. The lowest BCUT2D eigenvalue weighted by Crippen LogP contribution is -2.67. The van der Waals surface area contributed by atoms with Crippen molar-refractivity contribution in [2.24, 2.45) is 11.8 Å². The van der Waals surface area contributed by atoms with E-state index in [1.54, 1.807) is 0 Å². The zero-order valence-electron chi connectivity index (χ0n) is 23.0. The first kappa shape index (κ1) is 28.7. The summed E-state index contributed by atoms with van der Waals surface area (Å²) in [6.07, 6.45) is 0.869. The number of carbonyl (C=O) groups is 1. The Morgan fingerprint density at radius 1 is 0.794 bits per heavy atom. The number of hydrogen-bond acceptors (Lipinski definition) is 3. The fourth-order valence-electron chi connectivity index (χ4n) is 4.45. The Balaban J connectivity index is 2.48. The molecule has 0 aromatic heterocycles. The molecule has 2 aromatic rings. The van der Waals surface area contributed by atoms with Gasteiger partial charge < -0.3 is 13.6 Å². The van der Waals surface area contributed by atoms with Crippen LogP contribution in [0.25, 0.3) is 0 Å². The Labute approximate surface area is 210 Å². The monoisotopic (exact) mass is 498 g/mol. The molecule has 0 bridgehead atoms. The van der Waals surface area contributed by atoms with Crippen molar-refractivity contribution < 1.29 is 13.6 Å². The Kier molecular flexibility index (Phi) is 9.31. The van der Waals surface area contributed by atoms with E-state index in [0.29, 0.717) is 6.61 Å². The van der Waals surface area contributed by atoms with Gasteiger partial charge in [-0.3, -0.25) is 0 Å². The van der Waals surface area contributed by atoms with Gasteiger partial charge in [0.2, 0.25) is 0 Å². The third-order valence-corrected chi connectivity index (χ3v) is 17.0. The molecule has 3 nitrogen and oxygen atoms in total. The quantitative estimate of drug-likeness (QED) is 0.280. The largest absolute Gasteiger partial charge is 0.413 e. The van der Waals surface area contributed by atoms with Gasteiger partial charge in [0.15, 0.2) is 8.32 Å². The van der Waals surface area contributed by atoms with Gasteiger partial charge in [-0.2, -0.15) is 0 Å². The zero-order chi connectivity index (χ0) is 25.8. The van der Waals surface area contributed by atoms with E-state index in [-0.39, 0.29) is 28.0 Å². The Morgan fingerprint density at radius 2 is 1.24 bits per heavy atom. The summed E-state index contributed by atoms with van der Waals surface area (Å²) in [5, 5.41) is 2.53. The maximum Gasteiger partial charge on any atom is 0.261 e. The molecular weight excluding hydrogens is 452 g/mol. The van der Waals surface area contributed by atoms with Crippen LogP contribution in [0, 0.1) is 11.8 Å². The van der Waals surface area contributed by atoms with Gasteiger partial charge in [-0.25, -0.2) is 0 Å². The van der Waals surface area contributed by atoms with E-state index in [0.717, 1.165) is 6.29 Å². The van der Waals surface area contributed by atoms with Gasteiger partial charge in [-0.05, 0) is 33.5 Å². The molecule has 0 fully saturated rings. The molecule has 0 spiro atoms. The van der Waals surface area contributed by atoms with E-state index in [2.05, 4.69) is 122 Å². The van der Waals surface area contributed by atoms with Gasteiger partial charge in [0.05, 0.1) is 6.10 Å². The summed E-state index contributed by atoms with van der Waals surface area (Å²) in [7, 11) is -4.68. The summed E-state index contributed by atoms with van der Waals surface area (Å²) in [5.74, 6) is -0.108. The highest BCUT2D eigenvalue weighted by Gasteiger charge is 2.51. The highest BCUT2D eigenvalue weighted by atomic mass is 28.4. The first-order chi connectivity index (χ1) is 15.7. The Hall–Kier alpha value is -1.54. The van der Waals surface area contributed by atoms with Crippen LogP contribution < -0.4 is 10.4 Å². The molecule has 0 radical (unpaired) electrons. The summed E-state index contributed by atoms with van der Waals surface area (Å²) in [4.78, 5) is 11.9. The highest BCUT2D eigenvalue weighted by molar-refractivity contribution is 6.99. The first-order valence-electron chi connectivity index (χ1n) is 12.6. The zero-order valence-corrected chi connectivity index (χ0v) is 25.0. The molecular formula is C29H46O3Si2. The second-order valence-corrected chi connectivity index (χ2v) is 21.4. The van der Waals surface area contributed by atoms with E-state index >= 15 is 0 Å². The van der Waals surface area contributed by atoms with Gasteiger partial charge in [-0.15, -0.1) is 0 Å². The summed E-state index contributed by atoms with van der Waals surface area (Å²) in [6, 6.07) is 21.4. The molecule has 0 N–H and O–H groups in total. The topological polar surface area (TPSA) is 35.5 Å². The maximum absolute atomic E-state index is 11.9. The molecule has 0 heterocycles. The van der Waals surface area contributed by atoms with Gasteiger partial charge >= 0.3 is 0 Å². The van der Waals surface area contributed by atoms with Crippen molar-refractivity contribution in [2.45, 2.75) is 84.7 Å². The van der Waals surface area contributed by atoms with Crippen LogP contribution in [-0.4, -0.2) is 35.6 Å². The summed E-state index contributed by atoms with van der Waals surface area (Å²) >= 11 is 0. The van der Waals surface area contributed by atoms with Crippen LogP contribution in [0.3, 0.4) is 0 Å². The normalized spacial score (nSPS) is 16.1. The van der Waals surface area contributed by atoms with Crippen LogP contribution >= 0.6 is 0 Å². The third-order valence-electron chi connectivity index (χ3n) is 7.51. The van der Waals surface area contributed by atoms with Gasteiger partial charge in [-0.1, -0.05) is 116 Å². The second kappa shape index (κ2) is 11.0. The fourth-order valence-corrected chi connectivity index (χ4v) is 10.6. The number of carbonyl (C=O) groups excluding carboxylic acids is 1. The third kappa shape index (κ3) is 6.17. The van der Waals surface area contributed by atoms with Crippen LogP contribution in [0.4, 0.5) is 0 Å². The van der Waals surface area contributed by atoms with Crippen molar-refractivity contribution in [3.05, 3.63) is 60.7 Å². The molecule has 0 saturated carbocycles. The minimum Gasteiger partial charge on any atom is -0.413 e. The summed E-state index contributed by atoms with van der Waals surface area (Å²) in [6.45, 7) is 22.8. The van der Waals surface area contributed by atoms with E-state index < -0.39 is 16.6 Å². The maximum atomic E-state index is 11.9. The second-order valence-electron chi connectivity index (χ2n) is 12.3. The van der Waals surface area contributed by atoms with Gasteiger partial charge in [0, 0.05) is 18.4 Å². The number of hydrogen-bond donors (Lipinski definition) is 0. The molecule has 2 aromatic carbocycles. The lowest BCUT2D eigenvalue weighted by Gasteiger charge is -2.45. The molecule has 0 unspecified atom stereocenters. The van der Waals surface area contributed by atoms with Crippen LogP contribution in [-0.2, 0) is 13.6 Å². The SMILES string of the molecule is C[C@@H](C=O)[C@@H](O[Si](C)(C)C(C)(C)C)[C@@H](C)CO[Si](c1ccccc1)(c1ccccc1)C(C)(C)C. The van der Waals surface area contributed by atoms with Crippen molar-refractivity contribution in [3.63, 3.8) is 0 Å². The smallest absolute Gasteiger partial charge is 0.261 e. The molecule has 3 atom stereocenters. The number of aldehydes is 1. The standard InChI is InChI=1S/C29H46O3Si2/c1-23(21-30)27(32-33(9,10)28(3,4)5)24(2)22-31-34(29(6,7)8,25-17-13-11-14-18-25)26-19-15-12-16-20-26/h11-21,23-24,27H,22H2,1-10H3/t23-,24-,27+/m0/s1. The van der Waals surface area contributed by atoms with Crippen LogP contribution in [0.1, 0.15) is 55.4 Å². The van der Waals surface area contributed by atoms with Crippen LogP contribution in [0.5, 0.6) is 0 Å². The molecule has 2 rings (SSSR count). The van der Waals surface area contributed by atoms with Crippen LogP contribution in [0.2, 0.25) is 23.2 Å². The molecule has 0 aliphatic carbocycles. The molecule has 0 amide bonds. The van der Waals surface area contributed by atoms with E-state index in [9.17, 15) is 4.79 Å². The lowest BCUT2D eigenvalue weighted by atomic mass is 9.95. The van der Waals surface area contributed by atoms with Crippen molar-refractivity contribution in [3.8, 4) is 0 Å². The van der Waals surface area contributed by atoms with E-state index in [4.69, 9.17) is 8.85 Å². The van der Waals surface area contributed by atoms with Crippen LogP contribution in [0.15, 0.2) is 60.7 Å². The van der Waals surface area contributed by atoms with Gasteiger partial charge in [0.1, 0.15) is 6.29 Å². The molecule has 0 saturated heterocycles. The molecule has 0 aliphatic heterocycles. The minimum absolute atomic E-state index is 0.0758. The molecule has 34 heavy (non-hydrogen) atoms. The predicted octanol–water partition coefficient (Wildman–Crippen LogP) is 6.42. The Bertz CT molecular complexity index is 859. The van der Waals surface area contributed by atoms with Crippen molar-refractivity contribution in [2.75, 3.05) is 6.61 Å². The summed E-state index contributed by atoms with van der Waals surface area (Å²) in [5.41, 5.74) is 0. The van der Waals surface area contributed by atoms with Crippen molar-refractivity contribution in [1.29, 1.82) is 0 Å². The molecule has 5 heteroatoms. The Morgan fingerprint density at radius 3 is 1.59 bits per heavy atom. The predicted molar refractivity (Wildman–Crippen MR) is 150 cm³/mol. The lowest BCUT2D eigenvalue weighted by molar-refractivity contribution is -0.114. The summed E-state index contributed by atoms with van der Waals surface area (Å²) < 4.78 is 14.0. The van der Waals surface area contributed by atoms with Crippen molar-refractivity contribution in [1.82, 2.24) is 0 Å². The minimum atomic E-state index is -2.63. The van der Waals surface area contributed by atoms with E-state index in [1.807, 2.05) is 6.92 Å². The van der Waals surface area contributed by atoms with E-state index in [1.165, 1.54) is 10.4 Å². The molecule has 188 valence electrons. The van der Waals surface area contributed by atoms with Crippen molar-refractivity contribution >= 4 is 33.3 Å². The van der Waals surface area contributed by atoms with Gasteiger partial charge in [0.25, 0.3) is 8.32 Å².